The first-order valence-electron chi connectivity index (χ1n) is 17.7. The molecule has 0 unspecified atom stereocenters. The second-order valence-corrected chi connectivity index (χ2v) is 13.0. The quantitative estimate of drug-likeness (QED) is 0.159. The van der Waals surface area contributed by atoms with Crippen LogP contribution in [0, 0.1) is 0 Å². The summed E-state index contributed by atoms with van der Waals surface area (Å²) >= 11 is 0. The van der Waals surface area contributed by atoms with Gasteiger partial charge in [-0.1, -0.05) is 153 Å². The van der Waals surface area contributed by atoms with Crippen LogP contribution in [-0.4, -0.2) is 19.9 Å². The number of pyridine rings is 2. The highest BCUT2D eigenvalue weighted by Gasteiger charge is 2.15. The number of hydrogen-bond donors (Lipinski definition) is 0. The van der Waals surface area contributed by atoms with Gasteiger partial charge in [-0.2, -0.15) is 0 Å². The Labute approximate surface area is 303 Å². The van der Waals surface area contributed by atoms with Crippen LogP contribution in [0.5, 0.6) is 0 Å². The highest BCUT2D eigenvalue weighted by atomic mass is 14.9. The summed E-state index contributed by atoms with van der Waals surface area (Å²) in [4.78, 5) is 20.5. The summed E-state index contributed by atoms with van der Waals surface area (Å²) in [5.74, 6) is 0.691. The molecule has 0 N–H and O–H groups in total. The highest BCUT2D eigenvalue weighted by molar-refractivity contribution is 6.09. The van der Waals surface area contributed by atoms with E-state index < -0.39 is 0 Å². The van der Waals surface area contributed by atoms with Gasteiger partial charge in [0.1, 0.15) is 0 Å². The smallest absolute Gasteiger partial charge is 0.160 e. The predicted octanol–water partition coefficient (Wildman–Crippen LogP) is 12.1. The predicted molar refractivity (Wildman–Crippen MR) is 215 cm³/mol. The molecule has 246 valence electrons. The Morgan fingerprint density at radius 2 is 0.865 bits per heavy atom. The SMILES string of the molecule is CCc1ccc2ccc3c(-c4cccc(-c5cccc(-c6nc(-c7ccccc7)cc(-c7ccccc7)n6)c5)c4)cc(-c4ccccc4)nc3c2n1. The molecule has 0 fully saturated rings. The monoisotopic (exact) mass is 666 g/mol. The Balaban J connectivity index is 1.18. The Bertz CT molecular complexity index is 2650. The normalized spacial score (nSPS) is 11.2. The minimum absolute atomic E-state index is 0.691. The molecule has 0 spiro atoms. The fourth-order valence-corrected chi connectivity index (χ4v) is 6.90. The van der Waals surface area contributed by atoms with Crippen LogP contribution >= 0.6 is 0 Å². The zero-order valence-corrected chi connectivity index (χ0v) is 28.7. The molecule has 0 aliphatic rings. The number of rotatable bonds is 7. The van der Waals surface area contributed by atoms with E-state index in [0.29, 0.717) is 5.82 Å². The molecule has 0 aliphatic heterocycles. The molecule has 3 aromatic heterocycles. The van der Waals surface area contributed by atoms with Gasteiger partial charge in [0.05, 0.1) is 28.1 Å². The van der Waals surface area contributed by atoms with Gasteiger partial charge in [0.15, 0.2) is 5.82 Å². The van der Waals surface area contributed by atoms with Crippen molar-refractivity contribution >= 4 is 21.8 Å². The van der Waals surface area contributed by atoms with Gasteiger partial charge in [0, 0.05) is 38.7 Å². The van der Waals surface area contributed by atoms with Gasteiger partial charge in [-0.3, -0.25) is 4.98 Å². The largest absolute Gasteiger partial charge is 0.251 e. The van der Waals surface area contributed by atoms with E-state index >= 15 is 0 Å². The van der Waals surface area contributed by atoms with E-state index in [4.69, 9.17) is 19.9 Å². The van der Waals surface area contributed by atoms with Crippen molar-refractivity contribution in [2.24, 2.45) is 0 Å². The van der Waals surface area contributed by atoms with Crippen LogP contribution in [0.4, 0.5) is 0 Å². The van der Waals surface area contributed by atoms with Crippen molar-refractivity contribution in [3.8, 4) is 67.4 Å². The molecule has 6 aromatic carbocycles. The summed E-state index contributed by atoms with van der Waals surface area (Å²) in [6.45, 7) is 2.14. The van der Waals surface area contributed by atoms with Gasteiger partial charge in [-0.05, 0) is 59.0 Å². The Morgan fingerprint density at radius 1 is 0.365 bits per heavy atom. The van der Waals surface area contributed by atoms with Crippen LogP contribution in [0.3, 0.4) is 0 Å². The minimum Gasteiger partial charge on any atom is -0.251 e. The van der Waals surface area contributed by atoms with Crippen LogP contribution in [0.1, 0.15) is 12.6 Å². The van der Waals surface area contributed by atoms with Gasteiger partial charge in [-0.25, -0.2) is 15.0 Å². The maximum atomic E-state index is 5.24. The van der Waals surface area contributed by atoms with Crippen LogP contribution in [0.15, 0.2) is 176 Å². The minimum atomic E-state index is 0.691. The molecule has 0 saturated heterocycles. The van der Waals surface area contributed by atoms with Crippen LogP contribution in [-0.2, 0) is 6.42 Å². The zero-order chi connectivity index (χ0) is 34.9. The van der Waals surface area contributed by atoms with E-state index in [9.17, 15) is 0 Å². The molecular formula is C48H34N4. The second-order valence-electron chi connectivity index (χ2n) is 13.0. The first kappa shape index (κ1) is 31.2. The summed E-state index contributed by atoms with van der Waals surface area (Å²) in [5.41, 5.74) is 14.2. The number of aromatic nitrogens is 4. The van der Waals surface area contributed by atoms with E-state index in [2.05, 4.69) is 140 Å². The van der Waals surface area contributed by atoms with E-state index in [0.717, 1.165) is 95.5 Å². The van der Waals surface area contributed by atoms with Gasteiger partial charge >= 0.3 is 0 Å². The fourth-order valence-electron chi connectivity index (χ4n) is 6.90. The van der Waals surface area contributed by atoms with Crippen molar-refractivity contribution < 1.29 is 0 Å². The van der Waals surface area contributed by atoms with Crippen LogP contribution in [0.25, 0.3) is 89.2 Å². The molecule has 3 heterocycles. The lowest BCUT2D eigenvalue weighted by molar-refractivity contribution is 1.06. The topological polar surface area (TPSA) is 51.6 Å². The molecule has 4 nitrogen and oxygen atoms in total. The maximum Gasteiger partial charge on any atom is 0.160 e. The van der Waals surface area contributed by atoms with Crippen LogP contribution < -0.4 is 0 Å². The molecule has 4 heteroatoms. The molecular weight excluding hydrogens is 633 g/mol. The summed E-state index contributed by atoms with van der Waals surface area (Å²) in [7, 11) is 0. The molecule has 0 bridgehead atoms. The van der Waals surface area contributed by atoms with E-state index in [1.54, 1.807) is 0 Å². The molecule has 0 radical (unpaired) electrons. The standard InChI is InChI=1S/C48H34N4/c1-2-40-26-24-35-25-27-41-42(30-43(32-14-6-3-7-15-32)50-47(41)46(35)49-40)38-22-12-20-36(28-38)37-21-13-23-39(29-37)48-51-44(33-16-8-4-9-17-33)31-45(52-48)34-18-10-5-11-19-34/h3-31H,2H2,1H3. The molecule has 9 aromatic rings. The second kappa shape index (κ2) is 13.5. The number of benzene rings is 6. The number of nitrogens with zero attached hydrogens (tertiary/aromatic N) is 4. The number of hydrogen-bond acceptors (Lipinski definition) is 4. The third-order valence-electron chi connectivity index (χ3n) is 9.62. The van der Waals surface area contributed by atoms with E-state index in [-0.39, 0.29) is 0 Å². The lowest BCUT2D eigenvalue weighted by Crippen LogP contribution is -1.96. The molecule has 0 aliphatic carbocycles. The summed E-state index contributed by atoms with van der Waals surface area (Å²) in [6, 6.07) is 61.3. The third-order valence-corrected chi connectivity index (χ3v) is 9.62. The lowest BCUT2D eigenvalue weighted by Gasteiger charge is -2.14. The van der Waals surface area contributed by atoms with Crippen molar-refractivity contribution in [2.45, 2.75) is 13.3 Å². The first-order chi connectivity index (χ1) is 25.7. The molecule has 0 atom stereocenters. The Morgan fingerprint density at radius 3 is 1.46 bits per heavy atom. The maximum absolute atomic E-state index is 5.24. The number of fused-ring (bicyclic) bond motifs is 3. The average Bonchev–Trinajstić information content (AvgIpc) is 3.24. The van der Waals surface area contributed by atoms with Crippen molar-refractivity contribution in [1.82, 2.24) is 19.9 Å². The molecule has 9 rings (SSSR count). The molecule has 52 heavy (non-hydrogen) atoms. The van der Waals surface area contributed by atoms with Gasteiger partial charge in [0.25, 0.3) is 0 Å². The van der Waals surface area contributed by atoms with Crippen molar-refractivity contribution in [3.05, 3.63) is 182 Å². The van der Waals surface area contributed by atoms with Crippen molar-refractivity contribution in [3.63, 3.8) is 0 Å². The van der Waals surface area contributed by atoms with Crippen molar-refractivity contribution in [2.75, 3.05) is 0 Å². The van der Waals surface area contributed by atoms with Crippen molar-refractivity contribution in [1.29, 1.82) is 0 Å². The molecule has 0 saturated carbocycles. The summed E-state index contributed by atoms with van der Waals surface area (Å²) in [5, 5.41) is 2.17. The fraction of sp³-hybridized carbons (Fsp3) is 0.0417. The van der Waals surface area contributed by atoms with Crippen LogP contribution in [0.2, 0.25) is 0 Å². The third kappa shape index (κ3) is 6.01. The summed E-state index contributed by atoms with van der Waals surface area (Å²) in [6.07, 6.45) is 0.869. The Kier molecular flexibility index (Phi) is 8.11. The summed E-state index contributed by atoms with van der Waals surface area (Å²) < 4.78 is 0. The van der Waals surface area contributed by atoms with Gasteiger partial charge < -0.3 is 0 Å². The first-order valence-corrected chi connectivity index (χ1v) is 17.7. The lowest BCUT2D eigenvalue weighted by atomic mass is 9.94. The number of aryl methyl sites for hydroxylation is 1. The average molecular weight is 667 g/mol. The van der Waals surface area contributed by atoms with Gasteiger partial charge in [-0.15, -0.1) is 0 Å². The van der Waals surface area contributed by atoms with E-state index in [1.165, 1.54) is 0 Å². The Hall–Kier alpha value is -6.78. The zero-order valence-electron chi connectivity index (χ0n) is 28.7. The van der Waals surface area contributed by atoms with E-state index in [1.807, 2.05) is 42.5 Å². The highest BCUT2D eigenvalue weighted by Crippen LogP contribution is 2.37. The van der Waals surface area contributed by atoms with Gasteiger partial charge in [0.2, 0.25) is 0 Å². The molecule has 0 amide bonds.